The van der Waals surface area contributed by atoms with Crippen molar-refractivity contribution in [2.24, 2.45) is 0 Å². The second kappa shape index (κ2) is 7.96. The number of pyridine rings is 1. The average Bonchev–Trinajstić information content (AvgIpc) is 2.52. The second-order valence-corrected chi connectivity index (χ2v) is 5.54. The Balaban J connectivity index is 2.20. The van der Waals surface area contributed by atoms with Crippen LogP contribution in [0.15, 0.2) is 29.1 Å². The number of aliphatic hydroxyl groups excluding tert-OH is 1. The lowest BCUT2D eigenvalue weighted by atomic mass is 10.0. The van der Waals surface area contributed by atoms with Crippen molar-refractivity contribution in [3.63, 3.8) is 0 Å². The van der Waals surface area contributed by atoms with Crippen molar-refractivity contribution in [3.8, 4) is 5.75 Å². The number of hydrogen-bond acceptors (Lipinski definition) is 4. The molecule has 1 heterocycles. The summed E-state index contributed by atoms with van der Waals surface area (Å²) in [6.07, 6.45) is 4.65. The molecular formula is C17H24N2O3. The molecule has 0 saturated carbocycles. The number of aromatic nitrogens is 1. The van der Waals surface area contributed by atoms with Gasteiger partial charge in [-0.2, -0.15) is 0 Å². The van der Waals surface area contributed by atoms with Crippen molar-refractivity contribution in [1.29, 1.82) is 0 Å². The third kappa shape index (κ3) is 3.87. The van der Waals surface area contributed by atoms with E-state index >= 15 is 0 Å². The molecule has 4 N–H and O–H groups in total. The van der Waals surface area contributed by atoms with E-state index < -0.39 is 0 Å². The van der Waals surface area contributed by atoms with E-state index in [-0.39, 0.29) is 24.0 Å². The van der Waals surface area contributed by atoms with Gasteiger partial charge < -0.3 is 20.5 Å². The number of benzene rings is 1. The Labute approximate surface area is 130 Å². The highest BCUT2D eigenvalue weighted by Gasteiger charge is 2.15. The third-order valence-corrected chi connectivity index (χ3v) is 3.89. The monoisotopic (exact) mass is 304 g/mol. The number of H-pyrrole nitrogens is 1. The summed E-state index contributed by atoms with van der Waals surface area (Å²) in [4.78, 5) is 14.1. The van der Waals surface area contributed by atoms with Crippen LogP contribution in [0, 0.1) is 0 Å². The van der Waals surface area contributed by atoms with Gasteiger partial charge in [0.15, 0.2) is 0 Å². The molecule has 0 fully saturated rings. The van der Waals surface area contributed by atoms with Gasteiger partial charge in [-0.3, -0.25) is 4.79 Å². The Hall–Kier alpha value is -1.85. The highest BCUT2D eigenvalue weighted by Crippen LogP contribution is 2.28. The summed E-state index contributed by atoms with van der Waals surface area (Å²) in [6.45, 7) is 2.97. The van der Waals surface area contributed by atoms with Crippen molar-refractivity contribution >= 4 is 10.9 Å². The summed E-state index contributed by atoms with van der Waals surface area (Å²) in [7, 11) is 0. The number of rotatable bonds is 8. The summed E-state index contributed by atoms with van der Waals surface area (Å²) in [5.74, 6) is 0.0380. The second-order valence-electron chi connectivity index (χ2n) is 5.54. The summed E-state index contributed by atoms with van der Waals surface area (Å²) in [6, 6.07) is 6.24. The third-order valence-electron chi connectivity index (χ3n) is 3.89. The number of aromatic amines is 1. The molecule has 1 aromatic carbocycles. The molecule has 0 radical (unpaired) electrons. The van der Waals surface area contributed by atoms with Crippen LogP contribution in [-0.4, -0.2) is 28.3 Å². The van der Waals surface area contributed by atoms with E-state index in [1.165, 1.54) is 25.3 Å². The standard InChI is InChI=1S/C17H24N2O3/c1-2-3-4-5-10-18-14(11-20)12-6-8-15(21)17-13(12)7-9-16(22)19-17/h6-9,14,18,20-21H,2-5,10-11H2,1H3,(H,19,22). The van der Waals surface area contributed by atoms with Crippen LogP contribution in [0.1, 0.15) is 44.2 Å². The number of nitrogens with one attached hydrogen (secondary N) is 2. The Morgan fingerprint density at radius 1 is 1.18 bits per heavy atom. The number of phenols is 1. The van der Waals surface area contributed by atoms with E-state index in [2.05, 4.69) is 17.2 Å². The zero-order chi connectivity index (χ0) is 15.9. The Bertz CT molecular complexity index is 666. The topological polar surface area (TPSA) is 85.3 Å². The predicted octanol–water partition coefficient (Wildman–Crippen LogP) is 2.44. The molecule has 5 heteroatoms. The van der Waals surface area contributed by atoms with Crippen molar-refractivity contribution in [3.05, 3.63) is 40.2 Å². The normalized spacial score (nSPS) is 12.6. The summed E-state index contributed by atoms with van der Waals surface area (Å²) >= 11 is 0. The maximum Gasteiger partial charge on any atom is 0.248 e. The molecule has 1 aromatic heterocycles. The molecule has 0 saturated heterocycles. The van der Waals surface area contributed by atoms with Gasteiger partial charge in [-0.25, -0.2) is 0 Å². The molecule has 2 rings (SSSR count). The fraction of sp³-hybridized carbons (Fsp3) is 0.471. The number of unbranched alkanes of at least 4 members (excludes halogenated alkanes) is 3. The van der Waals surface area contributed by atoms with Gasteiger partial charge in [0.25, 0.3) is 0 Å². The van der Waals surface area contributed by atoms with Gasteiger partial charge in [-0.15, -0.1) is 0 Å². The molecule has 2 aromatic rings. The fourth-order valence-corrected chi connectivity index (χ4v) is 2.66. The molecule has 1 unspecified atom stereocenters. The smallest absolute Gasteiger partial charge is 0.248 e. The first-order chi connectivity index (χ1) is 10.7. The largest absolute Gasteiger partial charge is 0.506 e. The minimum absolute atomic E-state index is 0.0349. The molecule has 0 bridgehead atoms. The van der Waals surface area contributed by atoms with Crippen LogP contribution in [0.2, 0.25) is 0 Å². The molecular weight excluding hydrogens is 280 g/mol. The van der Waals surface area contributed by atoms with E-state index in [0.29, 0.717) is 5.52 Å². The van der Waals surface area contributed by atoms with Crippen LogP contribution in [0.4, 0.5) is 0 Å². The Kier molecular flexibility index (Phi) is 5.98. The van der Waals surface area contributed by atoms with Gasteiger partial charge in [0.2, 0.25) is 5.56 Å². The first kappa shape index (κ1) is 16.5. The lowest BCUT2D eigenvalue weighted by molar-refractivity contribution is 0.244. The van der Waals surface area contributed by atoms with Crippen molar-refractivity contribution in [2.45, 2.75) is 38.6 Å². The fourth-order valence-electron chi connectivity index (χ4n) is 2.66. The van der Waals surface area contributed by atoms with Gasteiger partial charge in [0.05, 0.1) is 18.2 Å². The SMILES string of the molecule is CCCCCCNC(CO)c1ccc(O)c2[nH]c(=O)ccc12. The van der Waals surface area contributed by atoms with E-state index in [1.807, 2.05) is 0 Å². The van der Waals surface area contributed by atoms with Crippen LogP contribution in [0.3, 0.4) is 0 Å². The van der Waals surface area contributed by atoms with E-state index in [9.17, 15) is 15.0 Å². The number of phenolic OH excluding ortho intramolecular Hbond substituents is 1. The average molecular weight is 304 g/mol. The van der Waals surface area contributed by atoms with Crippen molar-refractivity contribution in [1.82, 2.24) is 10.3 Å². The van der Waals surface area contributed by atoms with Crippen molar-refractivity contribution in [2.75, 3.05) is 13.2 Å². The molecule has 0 aliphatic heterocycles. The molecule has 0 aliphatic carbocycles. The molecule has 0 aliphatic rings. The summed E-state index contributed by atoms with van der Waals surface area (Å²) in [5, 5.41) is 23.7. The van der Waals surface area contributed by atoms with E-state index in [4.69, 9.17) is 0 Å². The van der Waals surface area contributed by atoms with Gasteiger partial charge in [-0.05, 0) is 30.7 Å². The van der Waals surface area contributed by atoms with Gasteiger partial charge in [0.1, 0.15) is 5.75 Å². The molecule has 120 valence electrons. The predicted molar refractivity (Wildman–Crippen MR) is 88.2 cm³/mol. The first-order valence-corrected chi connectivity index (χ1v) is 7.86. The van der Waals surface area contributed by atoms with Gasteiger partial charge in [-0.1, -0.05) is 32.3 Å². The molecule has 0 amide bonds. The van der Waals surface area contributed by atoms with Crippen molar-refractivity contribution < 1.29 is 10.2 Å². The zero-order valence-corrected chi connectivity index (χ0v) is 12.9. The Morgan fingerprint density at radius 2 is 2.00 bits per heavy atom. The molecule has 22 heavy (non-hydrogen) atoms. The van der Waals surface area contributed by atoms with E-state index in [1.54, 1.807) is 18.2 Å². The maximum atomic E-state index is 11.4. The number of fused-ring (bicyclic) bond motifs is 1. The van der Waals surface area contributed by atoms with Crippen LogP contribution in [-0.2, 0) is 0 Å². The highest BCUT2D eigenvalue weighted by molar-refractivity contribution is 5.87. The number of aliphatic hydroxyl groups is 1. The zero-order valence-electron chi connectivity index (χ0n) is 12.9. The number of hydrogen-bond donors (Lipinski definition) is 4. The minimum Gasteiger partial charge on any atom is -0.506 e. The van der Waals surface area contributed by atoms with Gasteiger partial charge in [0, 0.05) is 11.5 Å². The quantitative estimate of drug-likeness (QED) is 0.564. The maximum absolute atomic E-state index is 11.4. The minimum atomic E-state index is -0.256. The molecule has 5 nitrogen and oxygen atoms in total. The lowest BCUT2D eigenvalue weighted by Crippen LogP contribution is -2.25. The first-order valence-electron chi connectivity index (χ1n) is 7.86. The van der Waals surface area contributed by atoms with E-state index in [0.717, 1.165) is 23.9 Å². The highest BCUT2D eigenvalue weighted by atomic mass is 16.3. The van der Waals surface area contributed by atoms with Crippen LogP contribution in [0.25, 0.3) is 10.9 Å². The lowest BCUT2D eigenvalue weighted by Gasteiger charge is -2.19. The summed E-state index contributed by atoms with van der Waals surface area (Å²) in [5.41, 5.74) is 1.03. The molecule has 1 atom stereocenters. The van der Waals surface area contributed by atoms with Crippen LogP contribution >= 0.6 is 0 Å². The molecule has 0 spiro atoms. The van der Waals surface area contributed by atoms with Gasteiger partial charge >= 0.3 is 0 Å². The Morgan fingerprint density at radius 3 is 2.73 bits per heavy atom. The van der Waals surface area contributed by atoms with Crippen LogP contribution < -0.4 is 10.9 Å². The number of aromatic hydroxyl groups is 1. The summed E-state index contributed by atoms with van der Waals surface area (Å²) < 4.78 is 0. The van der Waals surface area contributed by atoms with Crippen LogP contribution in [0.5, 0.6) is 5.75 Å².